The lowest BCUT2D eigenvalue weighted by Crippen LogP contribution is -2.39. The van der Waals surface area contributed by atoms with Crippen LogP contribution in [0.25, 0.3) is 0 Å². The van der Waals surface area contributed by atoms with Crippen molar-refractivity contribution in [1.82, 2.24) is 4.90 Å². The molecule has 0 aromatic carbocycles. The summed E-state index contributed by atoms with van der Waals surface area (Å²) < 4.78 is 0. The number of hydrogen-bond acceptors (Lipinski definition) is 2. The summed E-state index contributed by atoms with van der Waals surface area (Å²) in [4.78, 5) is 13.1. The molecule has 1 saturated heterocycles. The van der Waals surface area contributed by atoms with Gasteiger partial charge in [0.05, 0.1) is 6.42 Å². The molecule has 0 radical (unpaired) electrons. The Balaban J connectivity index is 2.53. The predicted molar refractivity (Wildman–Crippen MR) is 56.4 cm³/mol. The summed E-state index contributed by atoms with van der Waals surface area (Å²) in [5.41, 5.74) is 0. The van der Waals surface area contributed by atoms with Crippen molar-refractivity contribution < 1.29 is 9.90 Å². The molecular formula is C11H21NO2. The fourth-order valence-corrected chi connectivity index (χ4v) is 2.52. The lowest BCUT2D eigenvalue weighted by molar-refractivity contribution is -0.138. The molecule has 1 rings (SSSR count). The van der Waals surface area contributed by atoms with Crippen LogP contribution in [0.15, 0.2) is 0 Å². The second-order valence-corrected chi connectivity index (χ2v) is 4.10. The molecule has 0 saturated carbocycles. The molecule has 3 nitrogen and oxygen atoms in total. The van der Waals surface area contributed by atoms with Crippen LogP contribution in [-0.2, 0) is 4.79 Å². The Hall–Kier alpha value is -0.570. The molecule has 14 heavy (non-hydrogen) atoms. The van der Waals surface area contributed by atoms with Gasteiger partial charge in [-0.05, 0) is 32.2 Å². The number of likely N-dealkylation sites (tertiary alicyclic amines) is 1. The van der Waals surface area contributed by atoms with Gasteiger partial charge in [-0.1, -0.05) is 13.8 Å². The minimum Gasteiger partial charge on any atom is -0.481 e. The highest BCUT2D eigenvalue weighted by molar-refractivity contribution is 5.67. The van der Waals surface area contributed by atoms with Crippen LogP contribution in [-0.4, -0.2) is 34.6 Å². The lowest BCUT2D eigenvalue weighted by atomic mass is 10.1. The SMILES string of the molecule is CCC(CC)N1CCCC1CC(=O)O. The van der Waals surface area contributed by atoms with Gasteiger partial charge in [-0.2, -0.15) is 0 Å². The standard InChI is InChI=1S/C11H21NO2/c1-3-9(4-2)12-7-5-6-10(12)8-11(13)14/h9-10H,3-8H2,1-2H3,(H,13,14). The van der Waals surface area contributed by atoms with Crippen molar-refractivity contribution in [2.45, 2.75) is 58.0 Å². The molecule has 0 bridgehead atoms. The third-order valence-electron chi connectivity index (χ3n) is 3.24. The quantitative estimate of drug-likeness (QED) is 0.737. The van der Waals surface area contributed by atoms with Crippen LogP contribution in [0.1, 0.15) is 46.0 Å². The van der Waals surface area contributed by atoms with E-state index in [0.717, 1.165) is 32.2 Å². The van der Waals surface area contributed by atoms with E-state index in [1.54, 1.807) is 0 Å². The predicted octanol–water partition coefficient (Wildman–Crippen LogP) is 2.11. The highest BCUT2D eigenvalue weighted by Gasteiger charge is 2.30. The zero-order valence-electron chi connectivity index (χ0n) is 9.20. The minimum absolute atomic E-state index is 0.289. The molecule has 82 valence electrons. The smallest absolute Gasteiger partial charge is 0.304 e. The second kappa shape index (κ2) is 5.35. The van der Waals surface area contributed by atoms with E-state index < -0.39 is 5.97 Å². The number of hydrogen-bond donors (Lipinski definition) is 1. The maximum atomic E-state index is 10.7. The van der Waals surface area contributed by atoms with Crippen LogP contribution in [0.4, 0.5) is 0 Å². The molecule has 1 aliphatic heterocycles. The summed E-state index contributed by atoms with van der Waals surface area (Å²) in [6.07, 6.45) is 4.80. The zero-order chi connectivity index (χ0) is 10.6. The molecule has 3 heteroatoms. The van der Waals surface area contributed by atoms with Crippen LogP contribution in [0.2, 0.25) is 0 Å². The summed E-state index contributed by atoms with van der Waals surface area (Å²) >= 11 is 0. The molecule has 0 spiro atoms. The molecule has 1 aliphatic rings. The first-order valence-corrected chi connectivity index (χ1v) is 5.66. The van der Waals surface area contributed by atoms with Gasteiger partial charge < -0.3 is 5.11 Å². The Bertz CT molecular complexity index is 190. The van der Waals surface area contributed by atoms with Crippen molar-refractivity contribution in [3.05, 3.63) is 0 Å². The van der Waals surface area contributed by atoms with Gasteiger partial charge in [0.2, 0.25) is 0 Å². The topological polar surface area (TPSA) is 40.5 Å². The van der Waals surface area contributed by atoms with Crippen molar-refractivity contribution in [2.24, 2.45) is 0 Å². The van der Waals surface area contributed by atoms with Crippen LogP contribution in [0.5, 0.6) is 0 Å². The normalized spacial score (nSPS) is 23.2. The van der Waals surface area contributed by atoms with Gasteiger partial charge in [0, 0.05) is 12.1 Å². The number of carbonyl (C=O) groups is 1. The molecule has 1 fully saturated rings. The van der Waals surface area contributed by atoms with Crippen LogP contribution in [0.3, 0.4) is 0 Å². The summed E-state index contributed by atoms with van der Waals surface area (Å²) in [6, 6.07) is 0.874. The van der Waals surface area contributed by atoms with E-state index in [1.807, 2.05) is 0 Å². The van der Waals surface area contributed by atoms with E-state index in [-0.39, 0.29) is 6.04 Å². The minimum atomic E-state index is -0.659. The Morgan fingerprint density at radius 2 is 2.14 bits per heavy atom. The van der Waals surface area contributed by atoms with Gasteiger partial charge in [-0.15, -0.1) is 0 Å². The average Bonchev–Trinajstić information content (AvgIpc) is 2.55. The lowest BCUT2D eigenvalue weighted by Gasteiger charge is -2.31. The van der Waals surface area contributed by atoms with Gasteiger partial charge >= 0.3 is 5.97 Å². The Kier molecular flexibility index (Phi) is 4.39. The number of nitrogens with zero attached hydrogens (tertiary/aromatic N) is 1. The first kappa shape index (κ1) is 11.5. The second-order valence-electron chi connectivity index (χ2n) is 4.10. The molecule has 0 aliphatic carbocycles. The maximum absolute atomic E-state index is 10.7. The third-order valence-corrected chi connectivity index (χ3v) is 3.24. The largest absolute Gasteiger partial charge is 0.481 e. The van der Waals surface area contributed by atoms with E-state index in [4.69, 9.17) is 5.11 Å². The van der Waals surface area contributed by atoms with E-state index in [9.17, 15) is 4.79 Å². The number of carboxylic acid groups (broad SMARTS) is 1. The molecule has 1 unspecified atom stereocenters. The van der Waals surface area contributed by atoms with Gasteiger partial charge in [0.25, 0.3) is 0 Å². The fourth-order valence-electron chi connectivity index (χ4n) is 2.52. The highest BCUT2D eigenvalue weighted by atomic mass is 16.4. The summed E-state index contributed by atoms with van der Waals surface area (Å²) in [5, 5.41) is 8.79. The van der Waals surface area contributed by atoms with Crippen LogP contribution in [0, 0.1) is 0 Å². The fraction of sp³-hybridized carbons (Fsp3) is 0.909. The number of carboxylic acids is 1. The van der Waals surface area contributed by atoms with Crippen molar-refractivity contribution in [3.8, 4) is 0 Å². The summed E-state index contributed by atoms with van der Waals surface area (Å²) in [7, 11) is 0. The average molecular weight is 199 g/mol. The first-order chi connectivity index (χ1) is 6.69. The maximum Gasteiger partial charge on any atom is 0.304 e. The number of rotatable bonds is 5. The van der Waals surface area contributed by atoms with Gasteiger partial charge in [-0.25, -0.2) is 0 Å². The van der Waals surface area contributed by atoms with Crippen molar-refractivity contribution >= 4 is 5.97 Å². The molecule has 0 amide bonds. The van der Waals surface area contributed by atoms with Crippen molar-refractivity contribution in [2.75, 3.05) is 6.54 Å². The Morgan fingerprint density at radius 1 is 1.50 bits per heavy atom. The summed E-state index contributed by atoms with van der Waals surface area (Å²) in [6.45, 7) is 5.46. The zero-order valence-corrected chi connectivity index (χ0v) is 9.20. The van der Waals surface area contributed by atoms with Gasteiger partial charge in [0.15, 0.2) is 0 Å². The monoisotopic (exact) mass is 199 g/mol. The molecule has 1 N–H and O–H groups in total. The van der Waals surface area contributed by atoms with Crippen molar-refractivity contribution in [3.63, 3.8) is 0 Å². The molecule has 0 aromatic rings. The first-order valence-electron chi connectivity index (χ1n) is 5.66. The van der Waals surface area contributed by atoms with Crippen LogP contribution >= 0.6 is 0 Å². The summed E-state index contributed by atoms with van der Waals surface area (Å²) in [5.74, 6) is -0.659. The molecule has 1 heterocycles. The van der Waals surface area contributed by atoms with Crippen molar-refractivity contribution in [1.29, 1.82) is 0 Å². The molecule has 1 atom stereocenters. The molecular weight excluding hydrogens is 178 g/mol. The Morgan fingerprint density at radius 3 is 2.64 bits per heavy atom. The van der Waals surface area contributed by atoms with E-state index in [0.29, 0.717) is 12.5 Å². The highest BCUT2D eigenvalue weighted by Crippen LogP contribution is 2.25. The van der Waals surface area contributed by atoms with E-state index in [2.05, 4.69) is 18.7 Å². The third kappa shape index (κ3) is 2.71. The van der Waals surface area contributed by atoms with E-state index in [1.165, 1.54) is 0 Å². The molecule has 0 aromatic heterocycles. The Labute approximate surface area is 86.1 Å². The van der Waals surface area contributed by atoms with Crippen LogP contribution < -0.4 is 0 Å². The van der Waals surface area contributed by atoms with Gasteiger partial charge in [-0.3, -0.25) is 9.69 Å². The van der Waals surface area contributed by atoms with Gasteiger partial charge in [0.1, 0.15) is 0 Å². The van der Waals surface area contributed by atoms with E-state index >= 15 is 0 Å². The number of aliphatic carboxylic acids is 1.